The summed E-state index contributed by atoms with van der Waals surface area (Å²) in [6.07, 6.45) is 1.52. The molecule has 7 nitrogen and oxygen atoms in total. The largest absolute Gasteiger partial charge is 0.398 e. The van der Waals surface area contributed by atoms with E-state index in [0.717, 1.165) is 5.56 Å². The molecule has 3 N–H and O–H groups in total. The normalized spacial score (nSPS) is 11.0. The molecular formula is C26H20ClN5O2S. The highest BCUT2D eigenvalue weighted by Crippen LogP contribution is 2.32. The lowest BCUT2D eigenvalue weighted by molar-refractivity contribution is 0.103. The van der Waals surface area contributed by atoms with E-state index in [1.165, 1.54) is 17.5 Å². The molecule has 5 rings (SSSR count). The Hall–Kier alpha value is -4.01. The number of amides is 1. The van der Waals surface area contributed by atoms with Gasteiger partial charge in [0.05, 0.1) is 23.6 Å². The van der Waals surface area contributed by atoms with Crippen molar-refractivity contribution in [1.29, 1.82) is 0 Å². The van der Waals surface area contributed by atoms with E-state index in [4.69, 9.17) is 17.3 Å². The molecule has 0 aliphatic rings. The number of thiazole rings is 1. The minimum absolute atomic E-state index is 0.178. The monoisotopic (exact) mass is 501 g/mol. The predicted octanol–water partition coefficient (Wildman–Crippen LogP) is 5.36. The number of nitrogen functional groups attached to an aromatic ring is 1. The first-order valence-electron chi connectivity index (χ1n) is 10.8. The lowest BCUT2D eigenvalue weighted by Gasteiger charge is -2.12. The second-order valence-corrected chi connectivity index (χ2v) is 9.45. The van der Waals surface area contributed by atoms with Crippen LogP contribution in [0.2, 0.25) is 5.02 Å². The van der Waals surface area contributed by atoms with Crippen LogP contribution in [-0.2, 0) is 6.54 Å². The molecule has 2 aromatic heterocycles. The van der Waals surface area contributed by atoms with Crippen molar-refractivity contribution in [2.75, 3.05) is 11.1 Å². The summed E-state index contributed by atoms with van der Waals surface area (Å²) in [6, 6.07) is 19.9. The average molecular weight is 502 g/mol. The van der Waals surface area contributed by atoms with Crippen LogP contribution < -0.4 is 16.6 Å². The third-order valence-corrected chi connectivity index (χ3v) is 6.84. The number of benzene rings is 3. The maximum absolute atomic E-state index is 13.3. The van der Waals surface area contributed by atoms with Gasteiger partial charge in [0.1, 0.15) is 15.7 Å². The van der Waals surface area contributed by atoms with Gasteiger partial charge in [-0.3, -0.25) is 14.2 Å². The van der Waals surface area contributed by atoms with Gasteiger partial charge in [0.15, 0.2) is 0 Å². The van der Waals surface area contributed by atoms with Crippen molar-refractivity contribution in [2.45, 2.75) is 13.5 Å². The molecule has 0 bridgehead atoms. The molecule has 0 unspecified atom stereocenters. The van der Waals surface area contributed by atoms with E-state index in [9.17, 15) is 9.59 Å². The maximum atomic E-state index is 13.3. The number of para-hydroxylation sites is 1. The summed E-state index contributed by atoms with van der Waals surface area (Å²) in [5.41, 5.74) is 9.33. The molecule has 9 heteroatoms. The van der Waals surface area contributed by atoms with E-state index in [-0.39, 0.29) is 11.5 Å². The number of carbonyl (C=O) groups is 1. The number of rotatable bonds is 5. The lowest BCUT2D eigenvalue weighted by Crippen LogP contribution is -2.24. The third kappa shape index (κ3) is 4.66. The molecule has 2 heterocycles. The fourth-order valence-electron chi connectivity index (χ4n) is 3.76. The van der Waals surface area contributed by atoms with Crippen LogP contribution in [0.1, 0.15) is 21.1 Å². The number of aromatic nitrogens is 3. The molecule has 174 valence electrons. The smallest absolute Gasteiger partial charge is 0.267 e. The minimum atomic E-state index is -0.252. The van der Waals surface area contributed by atoms with Gasteiger partial charge < -0.3 is 11.1 Å². The highest BCUT2D eigenvalue weighted by Gasteiger charge is 2.17. The topological polar surface area (TPSA) is 103 Å². The van der Waals surface area contributed by atoms with Crippen LogP contribution in [0.25, 0.3) is 21.5 Å². The predicted molar refractivity (Wildman–Crippen MR) is 141 cm³/mol. The number of hydrogen-bond donors (Lipinski definition) is 2. The Balaban J connectivity index is 1.47. The van der Waals surface area contributed by atoms with E-state index in [2.05, 4.69) is 15.3 Å². The first kappa shape index (κ1) is 22.8. The molecule has 0 aliphatic heterocycles. The lowest BCUT2D eigenvalue weighted by atomic mass is 10.1. The van der Waals surface area contributed by atoms with Gasteiger partial charge in [0, 0.05) is 22.0 Å². The van der Waals surface area contributed by atoms with Gasteiger partial charge in [0.25, 0.3) is 11.5 Å². The number of fused-ring (bicyclic) bond motifs is 1. The summed E-state index contributed by atoms with van der Waals surface area (Å²) < 4.78 is 1.61. The maximum Gasteiger partial charge on any atom is 0.267 e. The molecule has 0 saturated heterocycles. The van der Waals surface area contributed by atoms with Gasteiger partial charge in [-0.2, -0.15) is 0 Å². The van der Waals surface area contributed by atoms with Gasteiger partial charge >= 0.3 is 0 Å². The van der Waals surface area contributed by atoms with Crippen LogP contribution in [0.4, 0.5) is 11.4 Å². The van der Waals surface area contributed by atoms with Crippen molar-refractivity contribution in [1.82, 2.24) is 14.5 Å². The number of aryl methyl sites for hydroxylation is 1. The highest BCUT2D eigenvalue weighted by atomic mass is 35.5. The molecule has 0 aliphatic carbocycles. The molecule has 3 aromatic carbocycles. The van der Waals surface area contributed by atoms with Crippen molar-refractivity contribution in [2.24, 2.45) is 0 Å². The Morgan fingerprint density at radius 2 is 1.86 bits per heavy atom. The molecule has 0 radical (unpaired) electrons. The SMILES string of the molecule is Cc1nc2cc(-c3ncc(C(=O)Nc4ccccc4)s3)c(N)cc2c(=O)n1Cc1ccc(Cl)cc1. The molecular weight excluding hydrogens is 482 g/mol. The molecule has 35 heavy (non-hydrogen) atoms. The summed E-state index contributed by atoms with van der Waals surface area (Å²) in [4.78, 5) is 35.4. The molecule has 1 amide bonds. The first-order valence-corrected chi connectivity index (χ1v) is 12.0. The average Bonchev–Trinajstić information content (AvgIpc) is 3.34. The molecule has 5 aromatic rings. The second kappa shape index (κ2) is 9.32. The quantitative estimate of drug-likeness (QED) is 0.315. The zero-order chi connectivity index (χ0) is 24.5. The molecule has 0 fully saturated rings. The Bertz CT molecular complexity index is 1610. The van der Waals surface area contributed by atoms with Gasteiger partial charge in [-0.15, -0.1) is 11.3 Å². The summed E-state index contributed by atoms with van der Waals surface area (Å²) in [7, 11) is 0. The van der Waals surface area contributed by atoms with Crippen LogP contribution in [0.15, 0.2) is 77.7 Å². The highest BCUT2D eigenvalue weighted by molar-refractivity contribution is 7.17. The number of anilines is 2. The van der Waals surface area contributed by atoms with Crippen molar-refractivity contribution >= 4 is 51.1 Å². The summed E-state index contributed by atoms with van der Waals surface area (Å²) in [5, 5.41) is 4.48. The number of halogens is 1. The minimum Gasteiger partial charge on any atom is -0.398 e. The summed E-state index contributed by atoms with van der Waals surface area (Å²) in [6.45, 7) is 2.17. The van der Waals surface area contributed by atoms with E-state index < -0.39 is 0 Å². The van der Waals surface area contributed by atoms with E-state index in [1.54, 1.807) is 35.8 Å². The first-order chi connectivity index (χ1) is 16.9. The fourth-order valence-corrected chi connectivity index (χ4v) is 4.73. The number of carbonyl (C=O) groups excluding carboxylic acids is 1. The van der Waals surface area contributed by atoms with Crippen molar-refractivity contribution < 1.29 is 4.79 Å². The zero-order valence-electron chi connectivity index (χ0n) is 18.7. The van der Waals surface area contributed by atoms with Crippen molar-refractivity contribution in [3.8, 4) is 10.6 Å². The Labute approximate surface area is 209 Å². The number of nitrogens with zero attached hydrogens (tertiary/aromatic N) is 3. The van der Waals surface area contributed by atoms with Crippen LogP contribution in [0, 0.1) is 6.92 Å². The molecule has 0 saturated carbocycles. The Kier molecular flexibility index (Phi) is 6.07. The molecule has 0 atom stereocenters. The summed E-state index contributed by atoms with van der Waals surface area (Å²) in [5.74, 6) is 0.327. The Morgan fingerprint density at radius 1 is 1.11 bits per heavy atom. The standard InChI is InChI=1S/C26H20ClN5O2S/c1-15-30-22-12-19(25-29-13-23(35-25)24(33)31-18-5-3-2-4-6-18)21(28)11-20(22)26(34)32(15)14-16-7-9-17(27)10-8-16/h2-13H,14,28H2,1H3,(H,31,33). The van der Waals surface area contributed by atoms with Gasteiger partial charge in [-0.25, -0.2) is 9.97 Å². The third-order valence-electron chi connectivity index (χ3n) is 5.56. The van der Waals surface area contributed by atoms with Gasteiger partial charge in [-0.1, -0.05) is 41.9 Å². The van der Waals surface area contributed by atoms with E-state index in [0.29, 0.717) is 55.1 Å². The van der Waals surface area contributed by atoms with Crippen LogP contribution in [0.3, 0.4) is 0 Å². The molecule has 0 spiro atoms. The number of hydrogen-bond acceptors (Lipinski definition) is 6. The van der Waals surface area contributed by atoms with Crippen LogP contribution >= 0.6 is 22.9 Å². The van der Waals surface area contributed by atoms with Gasteiger partial charge in [0.2, 0.25) is 0 Å². The second-order valence-electron chi connectivity index (χ2n) is 7.98. The van der Waals surface area contributed by atoms with Crippen LogP contribution in [0.5, 0.6) is 0 Å². The van der Waals surface area contributed by atoms with Crippen molar-refractivity contribution in [3.05, 3.63) is 105 Å². The number of nitrogens with two attached hydrogens (primary N) is 1. The fraction of sp³-hybridized carbons (Fsp3) is 0.0769. The van der Waals surface area contributed by atoms with Gasteiger partial charge in [-0.05, 0) is 48.9 Å². The van der Waals surface area contributed by atoms with Crippen molar-refractivity contribution in [3.63, 3.8) is 0 Å². The summed E-state index contributed by atoms with van der Waals surface area (Å²) >= 11 is 7.20. The Morgan fingerprint density at radius 3 is 2.60 bits per heavy atom. The van der Waals surface area contributed by atoms with E-state index in [1.807, 2.05) is 42.5 Å². The van der Waals surface area contributed by atoms with E-state index >= 15 is 0 Å². The van der Waals surface area contributed by atoms with Crippen LogP contribution in [-0.4, -0.2) is 20.4 Å². The number of nitrogens with one attached hydrogen (secondary N) is 1. The zero-order valence-corrected chi connectivity index (χ0v) is 20.2.